The molecule has 0 saturated carbocycles. The fourth-order valence-corrected chi connectivity index (χ4v) is 3.49. The second kappa shape index (κ2) is 8.68. The maximum Gasteiger partial charge on any atom is 0.264 e. The minimum absolute atomic E-state index is 0.145. The van der Waals surface area contributed by atoms with Crippen molar-refractivity contribution in [1.29, 1.82) is 0 Å². The van der Waals surface area contributed by atoms with Gasteiger partial charge in [0.2, 0.25) is 17.7 Å². The Kier molecular flexibility index (Phi) is 5.81. The molecule has 3 aromatic rings. The van der Waals surface area contributed by atoms with E-state index in [1.807, 2.05) is 12.1 Å². The lowest BCUT2D eigenvalue weighted by Crippen LogP contribution is -2.40. The smallest absolute Gasteiger partial charge is 0.264 e. The second-order valence-electron chi connectivity index (χ2n) is 7.13. The minimum atomic E-state index is -0.432. The van der Waals surface area contributed by atoms with Crippen LogP contribution in [0, 0.1) is 0 Å². The van der Waals surface area contributed by atoms with Gasteiger partial charge in [0.15, 0.2) is 5.65 Å². The Morgan fingerprint density at radius 2 is 1.81 bits per heavy atom. The zero-order chi connectivity index (χ0) is 22.0. The molecule has 0 aliphatic carbocycles. The van der Waals surface area contributed by atoms with E-state index in [9.17, 15) is 19.2 Å². The van der Waals surface area contributed by atoms with E-state index in [-0.39, 0.29) is 49.8 Å². The van der Waals surface area contributed by atoms with E-state index in [0.717, 1.165) is 10.5 Å². The molecule has 1 aromatic carbocycles. The number of hydrogen-bond acceptors (Lipinski definition) is 6. The molecule has 31 heavy (non-hydrogen) atoms. The summed E-state index contributed by atoms with van der Waals surface area (Å²) in [5, 5.41) is 7.84. The molecular formula is C20H19ClN6O4. The van der Waals surface area contributed by atoms with Crippen molar-refractivity contribution in [3.8, 4) is 0 Å². The summed E-state index contributed by atoms with van der Waals surface area (Å²) in [7, 11) is 0. The number of aromatic nitrogens is 4. The van der Waals surface area contributed by atoms with Crippen molar-refractivity contribution in [2.45, 2.75) is 25.9 Å². The van der Waals surface area contributed by atoms with Gasteiger partial charge in [-0.1, -0.05) is 23.7 Å². The summed E-state index contributed by atoms with van der Waals surface area (Å²) < 4.78 is 3.01. The number of fused-ring (bicyclic) bond motifs is 1. The van der Waals surface area contributed by atoms with Crippen LogP contribution in [0.3, 0.4) is 0 Å². The molecule has 0 spiro atoms. The van der Waals surface area contributed by atoms with Gasteiger partial charge in [0, 0.05) is 24.4 Å². The highest BCUT2D eigenvalue weighted by Gasteiger charge is 2.30. The normalized spacial score (nSPS) is 13.9. The fraction of sp³-hybridized carbons (Fsp3) is 0.300. The number of nitrogens with zero attached hydrogens (tertiary/aromatic N) is 5. The molecule has 2 aromatic heterocycles. The fourth-order valence-electron chi connectivity index (χ4n) is 3.36. The van der Waals surface area contributed by atoms with Gasteiger partial charge in [-0.15, -0.1) is 0 Å². The number of benzene rings is 1. The highest BCUT2D eigenvalue weighted by atomic mass is 35.5. The lowest BCUT2D eigenvalue weighted by atomic mass is 10.2. The van der Waals surface area contributed by atoms with E-state index in [1.54, 1.807) is 12.1 Å². The molecule has 0 radical (unpaired) electrons. The van der Waals surface area contributed by atoms with Gasteiger partial charge in [-0.25, -0.2) is 9.67 Å². The van der Waals surface area contributed by atoms with Crippen molar-refractivity contribution >= 4 is 40.4 Å². The third kappa shape index (κ3) is 4.48. The zero-order valence-corrected chi connectivity index (χ0v) is 17.2. The molecule has 160 valence electrons. The number of carbonyl (C=O) groups is 3. The number of halogens is 1. The first kappa shape index (κ1) is 20.7. The molecule has 3 heterocycles. The Morgan fingerprint density at radius 3 is 2.52 bits per heavy atom. The Balaban J connectivity index is 1.39. The van der Waals surface area contributed by atoms with Crippen LogP contribution in [0.5, 0.6) is 0 Å². The maximum atomic E-state index is 12.8. The van der Waals surface area contributed by atoms with Crippen LogP contribution in [0.15, 0.2) is 41.6 Å². The first-order chi connectivity index (χ1) is 14.9. The molecule has 3 amide bonds. The lowest BCUT2D eigenvalue weighted by molar-refractivity contribution is -0.142. The highest BCUT2D eigenvalue weighted by Crippen LogP contribution is 2.12. The molecule has 0 atom stereocenters. The molecule has 1 N–H and O–H groups in total. The predicted octanol–water partition coefficient (Wildman–Crippen LogP) is 0.560. The Hall–Kier alpha value is -3.53. The largest absolute Gasteiger partial charge is 0.353 e. The first-order valence-electron chi connectivity index (χ1n) is 9.67. The lowest BCUT2D eigenvalue weighted by Gasteiger charge is -2.13. The highest BCUT2D eigenvalue weighted by molar-refractivity contribution is 6.30. The predicted molar refractivity (Wildman–Crippen MR) is 111 cm³/mol. The third-order valence-corrected chi connectivity index (χ3v) is 5.24. The van der Waals surface area contributed by atoms with Gasteiger partial charge >= 0.3 is 0 Å². The summed E-state index contributed by atoms with van der Waals surface area (Å²) in [5.74, 6) is -1.10. The van der Waals surface area contributed by atoms with Crippen LogP contribution >= 0.6 is 11.6 Å². The van der Waals surface area contributed by atoms with E-state index in [0.29, 0.717) is 22.6 Å². The van der Waals surface area contributed by atoms with E-state index in [4.69, 9.17) is 11.6 Å². The van der Waals surface area contributed by atoms with Crippen molar-refractivity contribution in [1.82, 2.24) is 29.5 Å². The first-order valence-corrected chi connectivity index (χ1v) is 10.1. The van der Waals surface area contributed by atoms with Crippen LogP contribution in [0.2, 0.25) is 5.02 Å². The summed E-state index contributed by atoms with van der Waals surface area (Å²) in [6.07, 6.45) is 3.20. The monoisotopic (exact) mass is 442 g/mol. The average molecular weight is 443 g/mol. The average Bonchev–Trinajstić information content (AvgIpc) is 3.30. The van der Waals surface area contributed by atoms with Crippen LogP contribution in [0.4, 0.5) is 0 Å². The van der Waals surface area contributed by atoms with E-state index < -0.39 is 5.91 Å². The second-order valence-corrected chi connectivity index (χ2v) is 7.57. The number of amides is 3. The van der Waals surface area contributed by atoms with Gasteiger partial charge in [0.25, 0.3) is 5.56 Å². The molecule has 4 rings (SSSR count). The summed E-state index contributed by atoms with van der Waals surface area (Å²) in [6, 6.07) is 7.20. The number of hydrogen-bond donors (Lipinski definition) is 1. The molecular weight excluding hydrogens is 424 g/mol. The van der Waals surface area contributed by atoms with Gasteiger partial charge in [-0.2, -0.15) is 5.10 Å². The molecule has 1 aliphatic rings. The Morgan fingerprint density at radius 1 is 1.10 bits per heavy atom. The molecule has 0 bridgehead atoms. The quantitative estimate of drug-likeness (QED) is 0.534. The molecule has 11 heteroatoms. The van der Waals surface area contributed by atoms with E-state index in [2.05, 4.69) is 15.4 Å². The molecule has 10 nitrogen and oxygen atoms in total. The molecule has 1 saturated heterocycles. The van der Waals surface area contributed by atoms with Crippen molar-refractivity contribution in [3.63, 3.8) is 0 Å². The van der Waals surface area contributed by atoms with Crippen molar-refractivity contribution in [2.75, 3.05) is 13.1 Å². The van der Waals surface area contributed by atoms with Crippen LogP contribution in [0.1, 0.15) is 18.4 Å². The van der Waals surface area contributed by atoms with Crippen molar-refractivity contribution in [2.24, 2.45) is 0 Å². The topological polar surface area (TPSA) is 119 Å². The van der Waals surface area contributed by atoms with Gasteiger partial charge in [0.1, 0.15) is 18.3 Å². The third-order valence-electron chi connectivity index (χ3n) is 4.99. The summed E-state index contributed by atoms with van der Waals surface area (Å²) in [6.45, 7) is 0.561. The van der Waals surface area contributed by atoms with Gasteiger partial charge < -0.3 is 5.32 Å². The number of imide groups is 1. The van der Waals surface area contributed by atoms with Crippen molar-refractivity contribution in [3.05, 3.63) is 57.7 Å². The van der Waals surface area contributed by atoms with Crippen LogP contribution in [-0.2, 0) is 27.5 Å². The minimum Gasteiger partial charge on any atom is -0.353 e. The number of likely N-dealkylation sites (tertiary alicyclic amines) is 1. The van der Waals surface area contributed by atoms with Crippen LogP contribution in [-0.4, -0.2) is 55.0 Å². The zero-order valence-electron chi connectivity index (χ0n) is 16.5. The summed E-state index contributed by atoms with van der Waals surface area (Å²) >= 11 is 5.89. The summed E-state index contributed by atoms with van der Waals surface area (Å²) in [4.78, 5) is 53.2. The van der Waals surface area contributed by atoms with E-state index in [1.165, 1.54) is 21.8 Å². The summed E-state index contributed by atoms with van der Waals surface area (Å²) in [5.41, 5.74) is 1.11. The van der Waals surface area contributed by atoms with Crippen LogP contribution < -0.4 is 10.9 Å². The van der Waals surface area contributed by atoms with Gasteiger partial charge in [0.05, 0.1) is 19.3 Å². The Bertz CT molecular complexity index is 1200. The standard InChI is InChI=1S/C20H19ClN6O4/c21-14-3-1-13(2-4-14)10-25-12-23-19-15(20(25)31)9-24-27(19)8-7-22-16(28)11-26-17(29)5-6-18(26)30/h1-4,9,12H,5-8,10-11H2,(H,22,28). The number of carbonyl (C=O) groups excluding carboxylic acids is 3. The molecule has 1 aliphatic heterocycles. The van der Waals surface area contributed by atoms with Crippen LogP contribution in [0.25, 0.3) is 11.0 Å². The van der Waals surface area contributed by atoms with Crippen molar-refractivity contribution < 1.29 is 14.4 Å². The molecule has 0 unspecified atom stereocenters. The SMILES string of the molecule is O=C(CN1C(=O)CCC1=O)NCCn1ncc2c(=O)n(Cc3ccc(Cl)cc3)cnc21. The number of rotatable bonds is 7. The molecule has 1 fully saturated rings. The van der Waals surface area contributed by atoms with Gasteiger partial charge in [-0.3, -0.25) is 28.6 Å². The Labute approximate surface area is 181 Å². The number of nitrogens with one attached hydrogen (secondary N) is 1. The van der Waals surface area contributed by atoms with Gasteiger partial charge in [-0.05, 0) is 17.7 Å². The maximum absolute atomic E-state index is 12.8. The van der Waals surface area contributed by atoms with E-state index >= 15 is 0 Å².